The van der Waals surface area contributed by atoms with Crippen molar-refractivity contribution in [2.24, 2.45) is 5.41 Å². The van der Waals surface area contributed by atoms with Gasteiger partial charge >= 0.3 is 0 Å². The molecule has 0 N–H and O–H groups in total. The van der Waals surface area contributed by atoms with Gasteiger partial charge in [0.1, 0.15) is 0 Å². The zero-order chi connectivity index (χ0) is 14.9. The highest BCUT2D eigenvalue weighted by Gasteiger charge is 2.47. The number of hydrogen-bond acceptors (Lipinski definition) is 3. The number of benzene rings is 1. The topological polar surface area (TPSA) is 57.9 Å². The number of sulfone groups is 1. The van der Waals surface area contributed by atoms with Crippen molar-refractivity contribution < 1.29 is 8.42 Å². The zero-order valence-electron chi connectivity index (χ0n) is 12.2. The van der Waals surface area contributed by atoms with Crippen LogP contribution in [0.4, 0.5) is 0 Å². The Morgan fingerprint density at radius 3 is 2.33 bits per heavy atom. The molecule has 21 heavy (non-hydrogen) atoms. The summed E-state index contributed by atoms with van der Waals surface area (Å²) in [7, 11) is -3.22. The molecule has 1 aliphatic heterocycles. The van der Waals surface area contributed by atoms with E-state index in [0.29, 0.717) is 4.90 Å². The van der Waals surface area contributed by atoms with Crippen molar-refractivity contribution in [2.45, 2.75) is 55.8 Å². The Morgan fingerprint density at radius 2 is 1.67 bits per heavy atom. The summed E-state index contributed by atoms with van der Waals surface area (Å²) in [6, 6.07) is 9.80. The van der Waals surface area contributed by atoms with E-state index in [0.717, 1.165) is 44.1 Å². The molecule has 3 rings (SSSR count). The van der Waals surface area contributed by atoms with Crippen LogP contribution in [0.15, 0.2) is 29.2 Å². The molecule has 1 atom stereocenters. The fourth-order valence-electron chi connectivity index (χ4n) is 3.98. The molecule has 1 aliphatic carbocycles. The van der Waals surface area contributed by atoms with Gasteiger partial charge in [0.05, 0.1) is 22.1 Å². The van der Waals surface area contributed by atoms with E-state index in [1.165, 1.54) is 6.42 Å². The second-order valence-electron chi connectivity index (χ2n) is 6.41. The smallest absolute Gasteiger partial charge is 0.179 e. The molecule has 0 bridgehead atoms. The van der Waals surface area contributed by atoms with Gasteiger partial charge in [0, 0.05) is 5.92 Å². The van der Waals surface area contributed by atoms with Gasteiger partial charge in [0.2, 0.25) is 0 Å². The Kier molecular flexibility index (Phi) is 3.79. The maximum atomic E-state index is 12.4. The maximum absolute atomic E-state index is 12.4. The third-order valence-electron chi connectivity index (χ3n) is 5.15. The lowest BCUT2D eigenvalue weighted by Gasteiger charge is -2.34. The molecule has 0 saturated heterocycles. The fraction of sp³-hybridized carbons (Fsp3) is 0.588. The van der Waals surface area contributed by atoms with Crippen LogP contribution in [0.1, 0.15) is 56.4 Å². The largest absolute Gasteiger partial charge is 0.224 e. The molecule has 0 aromatic heterocycles. The lowest BCUT2D eigenvalue weighted by atomic mass is 9.67. The van der Waals surface area contributed by atoms with Crippen LogP contribution in [-0.4, -0.2) is 14.2 Å². The number of hydrogen-bond donors (Lipinski definition) is 0. The van der Waals surface area contributed by atoms with Crippen molar-refractivity contribution >= 4 is 9.84 Å². The minimum absolute atomic E-state index is 0.111. The van der Waals surface area contributed by atoms with Gasteiger partial charge < -0.3 is 0 Å². The fourth-order valence-corrected chi connectivity index (χ4v) is 5.95. The lowest BCUT2D eigenvalue weighted by Crippen LogP contribution is -2.29. The Bertz CT molecular complexity index is 664. The first-order valence-electron chi connectivity index (χ1n) is 7.82. The van der Waals surface area contributed by atoms with Gasteiger partial charge in [-0.2, -0.15) is 5.26 Å². The zero-order valence-corrected chi connectivity index (χ0v) is 13.0. The van der Waals surface area contributed by atoms with Crippen molar-refractivity contribution in [3.8, 4) is 6.07 Å². The lowest BCUT2D eigenvalue weighted by molar-refractivity contribution is 0.248. The monoisotopic (exact) mass is 303 g/mol. The third-order valence-corrected chi connectivity index (χ3v) is 6.97. The van der Waals surface area contributed by atoms with Crippen LogP contribution in [0, 0.1) is 16.7 Å². The van der Waals surface area contributed by atoms with Crippen molar-refractivity contribution in [3.63, 3.8) is 0 Å². The Hall–Kier alpha value is -1.34. The molecule has 0 radical (unpaired) electrons. The van der Waals surface area contributed by atoms with E-state index >= 15 is 0 Å². The predicted octanol–water partition coefficient (Wildman–Crippen LogP) is 3.81. The standard InChI is InChI=1S/C17H21NO2S/c18-13-17(10-6-2-1-3-7-11-17)15-12-21(19,20)16-9-5-4-8-14(15)16/h4-5,8-9,15H,1-3,6-7,10-12H2. The molecule has 0 spiro atoms. The van der Waals surface area contributed by atoms with Gasteiger partial charge in [-0.3, -0.25) is 0 Å². The summed E-state index contributed by atoms with van der Waals surface area (Å²) in [5, 5.41) is 9.87. The van der Waals surface area contributed by atoms with E-state index in [4.69, 9.17) is 0 Å². The molecule has 2 aliphatic rings. The summed E-state index contributed by atoms with van der Waals surface area (Å²) in [5.41, 5.74) is 0.375. The van der Waals surface area contributed by atoms with E-state index in [9.17, 15) is 13.7 Å². The van der Waals surface area contributed by atoms with Gasteiger partial charge in [-0.15, -0.1) is 0 Å². The summed E-state index contributed by atoms with van der Waals surface area (Å²) < 4.78 is 24.8. The summed E-state index contributed by atoms with van der Waals surface area (Å²) >= 11 is 0. The molecule has 1 unspecified atom stereocenters. The molecule has 1 aromatic rings. The van der Waals surface area contributed by atoms with Gasteiger partial charge in [-0.1, -0.05) is 50.3 Å². The molecule has 1 aromatic carbocycles. The van der Waals surface area contributed by atoms with Crippen LogP contribution in [-0.2, 0) is 9.84 Å². The molecule has 1 fully saturated rings. The van der Waals surface area contributed by atoms with Crippen molar-refractivity contribution in [3.05, 3.63) is 29.8 Å². The molecule has 1 saturated carbocycles. The highest BCUT2D eigenvalue weighted by molar-refractivity contribution is 7.91. The minimum atomic E-state index is -3.22. The average Bonchev–Trinajstić information content (AvgIpc) is 2.73. The first kappa shape index (κ1) is 14.6. The second kappa shape index (κ2) is 5.46. The van der Waals surface area contributed by atoms with E-state index in [-0.39, 0.29) is 11.7 Å². The van der Waals surface area contributed by atoms with Crippen LogP contribution in [0.5, 0.6) is 0 Å². The summed E-state index contributed by atoms with van der Waals surface area (Å²) in [5.74, 6) is -0.0401. The van der Waals surface area contributed by atoms with Gasteiger partial charge in [0.15, 0.2) is 9.84 Å². The van der Waals surface area contributed by atoms with Crippen LogP contribution < -0.4 is 0 Å². The maximum Gasteiger partial charge on any atom is 0.179 e. The van der Waals surface area contributed by atoms with Gasteiger partial charge in [0.25, 0.3) is 0 Å². The van der Waals surface area contributed by atoms with Crippen molar-refractivity contribution in [1.29, 1.82) is 5.26 Å². The minimum Gasteiger partial charge on any atom is -0.224 e. The molecule has 112 valence electrons. The van der Waals surface area contributed by atoms with E-state index in [2.05, 4.69) is 6.07 Å². The summed E-state index contributed by atoms with van der Waals surface area (Å²) in [6.45, 7) is 0. The molecule has 0 amide bonds. The Morgan fingerprint density at radius 1 is 1.05 bits per heavy atom. The van der Waals surface area contributed by atoms with Gasteiger partial charge in [-0.05, 0) is 24.5 Å². The average molecular weight is 303 g/mol. The first-order chi connectivity index (χ1) is 10.1. The molecule has 4 heteroatoms. The Labute approximate surface area is 126 Å². The number of rotatable bonds is 1. The number of nitrogens with zero attached hydrogens (tertiary/aromatic N) is 1. The molecule has 1 heterocycles. The number of nitriles is 1. The SMILES string of the molecule is N#CC1(C2CS(=O)(=O)c3ccccc32)CCCCCCC1. The summed E-state index contributed by atoms with van der Waals surface area (Å²) in [6.07, 6.45) is 7.28. The Balaban J connectivity index is 2.04. The van der Waals surface area contributed by atoms with E-state index in [1.54, 1.807) is 12.1 Å². The molecular weight excluding hydrogens is 282 g/mol. The molecule has 3 nitrogen and oxygen atoms in total. The highest BCUT2D eigenvalue weighted by Crippen LogP contribution is 2.51. The second-order valence-corrected chi connectivity index (χ2v) is 8.41. The third kappa shape index (κ3) is 2.48. The normalized spacial score (nSPS) is 27.1. The number of fused-ring (bicyclic) bond motifs is 1. The van der Waals surface area contributed by atoms with E-state index in [1.807, 2.05) is 12.1 Å². The van der Waals surface area contributed by atoms with E-state index < -0.39 is 15.3 Å². The van der Waals surface area contributed by atoms with Crippen molar-refractivity contribution in [1.82, 2.24) is 0 Å². The quantitative estimate of drug-likeness (QED) is 0.792. The van der Waals surface area contributed by atoms with Crippen LogP contribution >= 0.6 is 0 Å². The first-order valence-corrected chi connectivity index (χ1v) is 9.47. The van der Waals surface area contributed by atoms with Crippen LogP contribution in [0.2, 0.25) is 0 Å². The van der Waals surface area contributed by atoms with Crippen molar-refractivity contribution in [2.75, 3.05) is 5.75 Å². The van der Waals surface area contributed by atoms with Crippen LogP contribution in [0.3, 0.4) is 0 Å². The summed E-state index contributed by atoms with van der Waals surface area (Å²) in [4.78, 5) is 0.451. The highest BCUT2D eigenvalue weighted by atomic mass is 32.2. The molecular formula is C17H21NO2S. The van der Waals surface area contributed by atoms with Gasteiger partial charge in [-0.25, -0.2) is 8.42 Å². The predicted molar refractivity (Wildman–Crippen MR) is 81.6 cm³/mol. The van der Waals surface area contributed by atoms with Crippen LogP contribution in [0.25, 0.3) is 0 Å².